The number of fused-ring (bicyclic) bond motifs is 1. The van der Waals surface area contributed by atoms with Gasteiger partial charge in [0.2, 0.25) is 5.78 Å². The molecular weight excluding hydrogens is 342 g/mol. The van der Waals surface area contributed by atoms with Gasteiger partial charge in [-0.05, 0) is 43.3 Å². The maximum Gasteiger partial charge on any atom is 0.231 e. The second-order valence-corrected chi connectivity index (χ2v) is 5.57. The Kier molecular flexibility index (Phi) is 3.37. The van der Waals surface area contributed by atoms with Crippen molar-refractivity contribution in [3.05, 3.63) is 69.4 Å². The monoisotopic (exact) mass is 350 g/mol. The highest BCUT2D eigenvalue weighted by Gasteiger charge is 2.22. The first-order valence-corrected chi connectivity index (χ1v) is 6.95. The average Bonchev–Trinajstić information content (AvgIpc) is 2.78. The smallest absolute Gasteiger partial charge is 0.231 e. The SMILES string of the molecule is Cc1c(C(=O)c2cc(Br)ccc2F)oc2ccc(F)cc12. The lowest BCUT2D eigenvalue weighted by molar-refractivity contribution is 0.101. The molecule has 2 aromatic carbocycles. The second-order valence-electron chi connectivity index (χ2n) is 4.65. The summed E-state index contributed by atoms with van der Waals surface area (Å²) in [5.41, 5.74) is 0.800. The van der Waals surface area contributed by atoms with Crippen molar-refractivity contribution in [2.75, 3.05) is 0 Å². The van der Waals surface area contributed by atoms with E-state index in [2.05, 4.69) is 15.9 Å². The minimum atomic E-state index is -0.630. The fourth-order valence-electron chi connectivity index (χ4n) is 2.20. The molecule has 3 rings (SSSR count). The minimum absolute atomic E-state index is 0.0209. The highest BCUT2D eigenvalue weighted by molar-refractivity contribution is 9.10. The number of benzene rings is 2. The van der Waals surface area contributed by atoms with Gasteiger partial charge in [0.05, 0.1) is 5.56 Å². The summed E-state index contributed by atoms with van der Waals surface area (Å²) in [5.74, 6) is -1.59. The molecule has 0 aliphatic rings. The van der Waals surface area contributed by atoms with E-state index in [0.717, 1.165) is 0 Å². The molecule has 3 aromatic rings. The van der Waals surface area contributed by atoms with Crippen LogP contribution < -0.4 is 0 Å². The zero-order valence-corrected chi connectivity index (χ0v) is 12.5. The summed E-state index contributed by atoms with van der Waals surface area (Å²) in [7, 11) is 0. The van der Waals surface area contributed by atoms with Gasteiger partial charge in [-0.15, -0.1) is 0 Å². The summed E-state index contributed by atoms with van der Waals surface area (Å²) >= 11 is 3.20. The topological polar surface area (TPSA) is 30.2 Å². The molecule has 0 spiro atoms. The summed E-state index contributed by atoms with van der Waals surface area (Å²) in [6.45, 7) is 1.65. The van der Waals surface area contributed by atoms with Crippen LogP contribution >= 0.6 is 15.9 Å². The number of rotatable bonds is 2. The molecule has 0 radical (unpaired) electrons. The van der Waals surface area contributed by atoms with E-state index in [-0.39, 0.29) is 11.3 Å². The first-order valence-electron chi connectivity index (χ1n) is 6.16. The van der Waals surface area contributed by atoms with Crippen LogP contribution in [-0.4, -0.2) is 5.78 Å². The molecule has 0 saturated heterocycles. The molecule has 0 fully saturated rings. The van der Waals surface area contributed by atoms with E-state index in [9.17, 15) is 13.6 Å². The molecule has 21 heavy (non-hydrogen) atoms. The predicted molar refractivity (Wildman–Crippen MR) is 78.4 cm³/mol. The van der Waals surface area contributed by atoms with E-state index < -0.39 is 17.4 Å². The van der Waals surface area contributed by atoms with Gasteiger partial charge in [-0.25, -0.2) is 8.78 Å². The number of furan rings is 1. The molecule has 2 nitrogen and oxygen atoms in total. The fourth-order valence-corrected chi connectivity index (χ4v) is 2.56. The number of halogens is 3. The molecule has 0 unspecified atom stereocenters. The van der Waals surface area contributed by atoms with Gasteiger partial charge >= 0.3 is 0 Å². The van der Waals surface area contributed by atoms with Crippen molar-refractivity contribution in [3.8, 4) is 0 Å². The van der Waals surface area contributed by atoms with Crippen LogP contribution in [0.1, 0.15) is 21.7 Å². The molecule has 0 aliphatic heterocycles. The predicted octanol–water partition coefficient (Wildman–Crippen LogP) is 5.01. The lowest BCUT2D eigenvalue weighted by Gasteiger charge is -2.02. The van der Waals surface area contributed by atoms with Crippen molar-refractivity contribution >= 4 is 32.7 Å². The molecule has 0 aliphatic carbocycles. The van der Waals surface area contributed by atoms with Gasteiger partial charge < -0.3 is 4.42 Å². The summed E-state index contributed by atoms with van der Waals surface area (Å²) in [6, 6.07) is 8.10. The van der Waals surface area contributed by atoms with Gasteiger partial charge in [-0.3, -0.25) is 4.79 Å². The number of ketones is 1. The lowest BCUT2D eigenvalue weighted by atomic mass is 10.0. The third kappa shape index (κ3) is 2.38. The standard InChI is InChI=1S/C16H9BrF2O2/c1-8-11-7-10(18)3-5-14(11)21-16(8)15(20)12-6-9(17)2-4-13(12)19/h2-7H,1H3. The number of aryl methyl sites for hydroxylation is 1. The molecule has 0 bridgehead atoms. The Balaban J connectivity index is 2.18. The Morgan fingerprint density at radius 1 is 1.14 bits per heavy atom. The Morgan fingerprint density at radius 2 is 1.90 bits per heavy atom. The van der Waals surface area contributed by atoms with Crippen LogP contribution in [0.3, 0.4) is 0 Å². The first-order chi connectivity index (χ1) is 9.97. The van der Waals surface area contributed by atoms with Crippen molar-refractivity contribution in [2.45, 2.75) is 6.92 Å². The number of carbonyl (C=O) groups excluding carboxylic acids is 1. The van der Waals surface area contributed by atoms with Crippen LogP contribution in [0.4, 0.5) is 8.78 Å². The third-order valence-electron chi connectivity index (χ3n) is 3.28. The highest BCUT2D eigenvalue weighted by atomic mass is 79.9. The van der Waals surface area contributed by atoms with E-state index in [1.54, 1.807) is 6.92 Å². The zero-order valence-electron chi connectivity index (χ0n) is 10.9. The van der Waals surface area contributed by atoms with Gasteiger partial charge in [0.1, 0.15) is 17.2 Å². The van der Waals surface area contributed by atoms with Crippen LogP contribution in [-0.2, 0) is 0 Å². The molecule has 106 valence electrons. The summed E-state index contributed by atoms with van der Waals surface area (Å²) in [5, 5.41) is 0.508. The van der Waals surface area contributed by atoms with Gasteiger partial charge in [0.15, 0.2) is 5.76 Å². The maximum absolute atomic E-state index is 13.8. The normalized spacial score (nSPS) is 11.0. The lowest BCUT2D eigenvalue weighted by Crippen LogP contribution is -2.04. The molecule has 0 saturated carbocycles. The second kappa shape index (κ2) is 5.07. The van der Waals surface area contributed by atoms with Crippen LogP contribution in [0.15, 0.2) is 45.3 Å². The molecular formula is C16H9BrF2O2. The minimum Gasteiger partial charge on any atom is -0.452 e. The number of hydrogen-bond acceptors (Lipinski definition) is 2. The van der Waals surface area contributed by atoms with Gasteiger partial charge in [-0.2, -0.15) is 0 Å². The van der Waals surface area contributed by atoms with Crippen molar-refractivity contribution < 1.29 is 18.0 Å². The molecule has 0 atom stereocenters. The Hall–Kier alpha value is -2.01. The van der Waals surface area contributed by atoms with Gasteiger partial charge in [-0.1, -0.05) is 15.9 Å². The third-order valence-corrected chi connectivity index (χ3v) is 3.77. The van der Waals surface area contributed by atoms with Gasteiger partial charge in [0, 0.05) is 15.4 Å². The van der Waals surface area contributed by atoms with Gasteiger partial charge in [0.25, 0.3) is 0 Å². The van der Waals surface area contributed by atoms with Crippen LogP contribution in [0.2, 0.25) is 0 Å². The maximum atomic E-state index is 13.8. The van der Waals surface area contributed by atoms with E-state index in [1.165, 1.54) is 36.4 Å². The fraction of sp³-hybridized carbons (Fsp3) is 0.0625. The molecule has 1 heterocycles. The highest BCUT2D eigenvalue weighted by Crippen LogP contribution is 2.29. The van der Waals surface area contributed by atoms with Crippen LogP contribution in [0, 0.1) is 18.6 Å². The van der Waals surface area contributed by atoms with Crippen molar-refractivity contribution in [1.29, 1.82) is 0 Å². The molecule has 1 aromatic heterocycles. The van der Waals surface area contributed by atoms with Crippen molar-refractivity contribution in [1.82, 2.24) is 0 Å². The zero-order chi connectivity index (χ0) is 15.1. The number of carbonyl (C=O) groups is 1. The Morgan fingerprint density at radius 3 is 2.67 bits per heavy atom. The quantitative estimate of drug-likeness (QED) is 0.608. The van der Waals surface area contributed by atoms with Crippen LogP contribution in [0.25, 0.3) is 11.0 Å². The first kappa shape index (κ1) is 13.9. The molecule has 5 heteroatoms. The van der Waals surface area contributed by atoms with E-state index >= 15 is 0 Å². The van der Waals surface area contributed by atoms with E-state index in [0.29, 0.717) is 21.0 Å². The Labute approximate surface area is 127 Å². The summed E-state index contributed by atoms with van der Waals surface area (Å²) < 4.78 is 33.1. The number of hydrogen-bond donors (Lipinski definition) is 0. The molecule has 0 N–H and O–H groups in total. The summed E-state index contributed by atoms with van der Waals surface area (Å²) in [4.78, 5) is 12.4. The average molecular weight is 351 g/mol. The van der Waals surface area contributed by atoms with E-state index in [4.69, 9.17) is 4.42 Å². The summed E-state index contributed by atoms with van der Waals surface area (Å²) in [6.07, 6.45) is 0. The Bertz CT molecular complexity index is 868. The van der Waals surface area contributed by atoms with Crippen molar-refractivity contribution in [3.63, 3.8) is 0 Å². The van der Waals surface area contributed by atoms with Crippen molar-refractivity contribution in [2.24, 2.45) is 0 Å². The largest absolute Gasteiger partial charge is 0.452 e. The van der Waals surface area contributed by atoms with Crippen LogP contribution in [0.5, 0.6) is 0 Å². The molecule has 0 amide bonds. The van der Waals surface area contributed by atoms with E-state index in [1.807, 2.05) is 0 Å².